The second-order valence-electron chi connectivity index (χ2n) is 6.19. The Bertz CT molecular complexity index is 851. The van der Waals surface area contributed by atoms with Crippen molar-refractivity contribution in [1.29, 1.82) is 0 Å². The number of fused-ring (bicyclic) bond motifs is 2. The van der Waals surface area contributed by atoms with E-state index in [1.165, 1.54) is 5.69 Å². The van der Waals surface area contributed by atoms with E-state index in [9.17, 15) is 4.79 Å². The maximum Gasteiger partial charge on any atom is 0.242 e. The fraction of sp³-hybridized carbons (Fsp3) is 0.333. The summed E-state index contributed by atoms with van der Waals surface area (Å²) in [5, 5.41) is 0.759. The van der Waals surface area contributed by atoms with E-state index >= 15 is 0 Å². The van der Waals surface area contributed by atoms with Gasteiger partial charge in [-0.05, 0) is 31.2 Å². The lowest BCUT2D eigenvalue weighted by atomic mass is 10.1. The second kappa shape index (κ2) is 6.03. The molecule has 1 atom stereocenters. The number of benzene rings is 1. The fourth-order valence-corrected chi connectivity index (χ4v) is 4.18. The van der Waals surface area contributed by atoms with E-state index in [2.05, 4.69) is 39.7 Å². The van der Waals surface area contributed by atoms with Crippen molar-refractivity contribution in [3.8, 4) is 0 Å². The highest BCUT2D eigenvalue weighted by atomic mass is 32.1. The molecule has 1 aliphatic heterocycles. The molecule has 0 spiro atoms. The standard InChI is InChI=1S/C18H20N4OS/c1-13-15-7-5-9-21(15)10-11-22(13)12-17(23)20(2)18-19-14-6-3-4-8-16(14)24-18/h3-9,13H,10-12H2,1-2H3. The predicted molar refractivity (Wildman–Crippen MR) is 97.5 cm³/mol. The van der Waals surface area contributed by atoms with Gasteiger partial charge in [0, 0.05) is 38.1 Å². The normalized spacial score (nSPS) is 17.8. The van der Waals surface area contributed by atoms with E-state index in [1.54, 1.807) is 16.2 Å². The number of nitrogens with zero attached hydrogens (tertiary/aromatic N) is 4. The molecule has 0 saturated carbocycles. The minimum atomic E-state index is 0.0842. The van der Waals surface area contributed by atoms with Crippen molar-refractivity contribution in [3.63, 3.8) is 0 Å². The summed E-state index contributed by atoms with van der Waals surface area (Å²) in [6.07, 6.45) is 2.11. The molecule has 0 saturated heterocycles. The topological polar surface area (TPSA) is 41.4 Å². The molecular weight excluding hydrogens is 320 g/mol. The minimum Gasteiger partial charge on any atom is -0.349 e. The number of hydrogen-bond donors (Lipinski definition) is 0. The SMILES string of the molecule is CC1c2cccn2CCN1CC(=O)N(C)c1nc2ccccc2s1. The molecule has 6 heteroatoms. The van der Waals surface area contributed by atoms with Gasteiger partial charge in [-0.25, -0.2) is 4.98 Å². The van der Waals surface area contributed by atoms with Gasteiger partial charge >= 0.3 is 0 Å². The van der Waals surface area contributed by atoms with Gasteiger partial charge in [-0.2, -0.15) is 0 Å². The van der Waals surface area contributed by atoms with Crippen molar-refractivity contribution in [2.45, 2.75) is 19.5 Å². The number of likely N-dealkylation sites (N-methyl/N-ethyl adjacent to an activating group) is 1. The second-order valence-corrected chi connectivity index (χ2v) is 7.20. The number of thiazole rings is 1. The van der Waals surface area contributed by atoms with Crippen molar-refractivity contribution in [3.05, 3.63) is 48.3 Å². The molecule has 0 bridgehead atoms. The first-order valence-corrected chi connectivity index (χ1v) is 8.96. The third-order valence-corrected chi connectivity index (χ3v) is 5.86. The summed E-state index contributed by atoms with van der Waals surface area (Å²) in [4.78, 5) is 21.2. The monoisotopic (exact) mass is 340 g/mol. The van der Waals surface area contributed by atoms with Crippen LogP contribution in [0.5, 0.6) is 0 Å². The largest absolute Gasteiger partial charge is 0.349 e. The quantitative estimate of drug-likeness (QED) is 0.735. The van der Waals surface area contributed by atoms with E-state index in [0.29, 0.717) is 6.54 Å². The number of carbonyl (C=O) groups is 1. The first-order valence-electron chi connectivity index (χ1n) is 8.14. The zero-order chi connectivity index (χ0) is 16.7. The number of amides is 1. The summed E-state index contributed by atoms with van der Waals surface area (Å²) in [6.45, 7) is 4.40. The first kappa shape index (κ1) is 15.4. The summed E-state index contributed by atoms with van der Waals surface area (Å²) >= 11 is 1.56. The Kier molecular flexibility index (Phi) is 3.86. The molecule has 1 aliphatic rings. The molecular formula is C18H20N4OS. The number of rotatable bonds is 3. The highest BCUT2D eigenvalue weighted by molar-refractivity contribution is 7.22. The molecule has 24 heavy (non-hydrogen) atoms. The molecule has 1 unspecified atom stereocenters. The van der Waals surface area contributed by atoms with Crippen LogP contribution in [0.25, 0.3) is 10.2 Å². The van der Waals surface area contributed by atoms with Crippen LogP contribution in [0.1, 0.15) is 18.7 Å². The molecule has 0 fully saturated rings. The molecule has 3 aromatic rings. The van der Waals surface area contributed by atoms with E-state index in [1.807, 2.05) is 31.3 Å². The third-order valence-electron chi connectivity index (χ3n) is 4.75. The summed E-state index contributed by atoms with van der Waals surface area (Å²) < 4.78 is 3.37. The van der Waals surface area contributed by atoms with Crippen LogP contribution in [0.3, 0.4) is 0 Å². The summed E-state index contributed by atoms with van der Waals surface area (Å²) in [5.74, 6) is 0.0842. The number of hydrogen-bond acceptors (Lipinski definition) is 4. The Hall–Kier alpha value is -2.18. The predicted octanol–water partition coefficient (Wildman–Crippen LogP) is 3.14. The Morgan fingerprint density at radius 1 is 1.29 bits per heavy atom. The number of carbonyl (C=O) groups excluding carboxylic acids is 1. The van der Waals surface area contributed by atoms with Crippen LogP contribution in [0.2, 0.25) is 0 Å². The number of para-hydroxylation sites is 1. The fourth-order valence-electron chi connectivity index (χ4n) is 3.23. The van der Waals surface area contributed by atoms with Crippen molar-refractivity contribution in [1.82, 2.24) is 14.5 Å². The smallest absolute Gasteiger partial charge is 0.242 e. The summed E-state index contributed by atoms with van der Waals surface area (Å²) in [7, 11) is 1.82. The lowest BCUT2D eigenvalue weighted by molar-refractivity contribution is -0.120. The minimum absolute atomic E-state index is 0.0842. The van der Waals surface area contributed by atoms with Gasteiger partial charge in [-0.15, -0.1) is 0 Å². The number of aromatic nitrogens is 2. The molecule has 2 aromatic heterocycles. The first-order chi connectivity index (χ1) is 11.6. The Morgan fingerprint density at radius 3 is 2.96 bits per heavy atom. The molecule has 0 radical (unpaired) electrons. The van der Waals surface area contributed by atoms with Crippen molar-refractivity contribution in [2.24, 2.45) is 0 Å². The van der Waals surface area contributed by atoms with Crippen molar-refractivity contribution in [2.75, 3.05) is 25.0 Å². The van der Waals surface area contributed by atoms with Crippen LogP contribution in [-0.2, 0) is 11.3 Å². The van der Waals surface area contributed by atoms with Gasteiger partial charge in [0.25, 0.3) is 0 Å². The summed E-state index contributed by atoms with van der Waals surface area (Å²) in [6, 6.07) is 12.4. The Balaban J connectivity index is 1.49. The van der Waals surface area contributed by atoms with Crippen LogP contribution in [-0.4, -0.2) is 40.5 Å². The maximum atomic E-state index is 12.7. The van der Waals surface area contributed by atoms with Gasteiger partial charge in [0.05, 0.1) is 16.8 Å². The van der Waals surface area contributed by atoms with Gasteiger partial charge in [0.2, 0.25) is 5.91 Å². The van der Waals surface area contributed by atoms with Crippen LogP contribution < -0.4 is 4.90 Å². The van der Waals surface area contributed by atoms with Crippen LogP contribution in [0.15, 0.2) is 42.6 Å². The van der Waals surface area contributed by atoms with E-state index in [0.717, 1.165) is 28.4 Å². The Morgan fingerprint density at radius 2 is 2.12 bits per heavy atom. The van der Waals surface area contributed by atoms with Crippen LogP contribution in [0, 0.1) is 0 Å². The average Bonchev–Trinajstić information content (AvgIpc) is 3.23. The summed E-state index contributed by atoms with van der Waals surface area (Å²) in [5.41, 5.74) is 2.22. The molecule has 1 aromatic carbocycles. The van der Waals surface area contributed by atoms with E-state index in [4.69, 9.17) is 0 Å². The van der Waals surface area contributed by atoms with Gasteiger partial charge in [0.15, 0.2) is 5.13 Å². The number of anilines is 1. The molecule has 4 rings (SSSR count). The molecule has 1 amide bonds. The van der Waals surface area contributed by atoms with E-state index in [-0.39, 0.29) is 11.9 Å². The lowest BCUT2D eigenvalue weighted by Crippen LogP contribution is -2.43. The molecule has 124 valence electrons. The zero-order valence-corrected chi connectivity index (χ0v) is 14.7. The van der Waals surface area contributed by atoms with Crippen LogP contribution in [0.4, 0.5) is 5.13 Å². The third kappa shape index (κ3) is 2.61. The zero-order valence-electron chi connectivity index (χ0n) is 13.8. The van der Waals surface area contributed by atoms with Gasteiger partial charge in [-0.3, -0.25) is 14.6 Å². The Labute approximate surface area is 145 Å². The average molecular weight is 340 g/mol. The van der Waals surface area contributed by atoms with Gasteiger partial charge < -0.3 is 4.57 Å². The highest BCUT2D eigenvalue weighted by Crippen LogP contribution is 2.29. The lowest BCUT2D eigenvalue weighted by Gasteiger charge is -2.35. The van der Waals surface area contributed by atoms with Crippen molar-refractivity contribution >= 4 is 32.6 Å². The molecule has 0 N–H and O–H groups in total. The van der Waals surface area contributed by atoms with Gasteiger partial charge in [0.1, 0.15) is 0 Å². The van der Waals surface area contributed by atoms with E-state index < -0.39 is 0 Å². The van der Waals surface area contributed by atoms with Crippen LogP contribution >= 0.6 is 11.3 Å². The van der Waals surface area contributed by atoms with Crippen molar-refractivity contribution < 1.29 is 4.79 Å². The molecule has 0 aliphatic carbocycles. The maximum absolute atomic E-state index is 12.7. The highest BCUT2D eigenvalue weighted by Gasteiger charge is 2.27. The molecule has 5 nitrogen and oxygen atoms in total. The molecule has 3 heterocycles. The van der Waals surface area contributed by atoms with Gasteiger partial charge in [-0.1, -0.05) is 23.5 Å².